The first kappa shape index (κ1) is 14.4. The van der Waals surface area contributed by atoms with Gasteiger partial charge in [0.25, 0.3) is 0 Å². The number of hydrogen-bond acceptors (Lipinski definition) is 3. The summed E-state index contributed by atoms with van der Waals surface area (Å²) in [5.41, 5.74) is -0.811. The Balaban J connectivity index is 2.78. The second kappa shape index (κ2) is 6.35. The summed E-state index contributed by atoms with van der Waals surface area (Å²) in [6.07, 6.45) is 0.0776. The molecule has 5 heteroatoms. The number of rotatable bonds is 6. The molecule has 3 nitrogen and oxygen atoms in total. The van der Waals surface area contributed by atoms with Crippen molar-refractivity contribution in [2.75, 3.05) is 13.2 Å². The van der Waals surface area contributed by atoms with E-state index in [2.05, 4.69) is 0 Å². The number of ketones is 1. The van der Waals surface area contributed by atoms with Crippen LogP contribution >= 0.6 is 0 Å². The van der Waals surface area contributed by atoms with Gasteiger partial charge in [-0.1, -0.05) is 13.8 Å². The highest BCUT2D eigenvalue weighted by molar-refractivity contribution is 5.97. The van der Waals surface area contributed by atoms with Gasteiger partial charge in [-0.15, -0.1) is 0 Å². The Bertz CT molecular complexity index is 433. The van der Waals surface area contributed by atoms with Crippen LogP contribution in [0.4, 0.5) is 8.78 Å². The highest BCUT2D eigenvalue weighted by Gasteiger charge is 2.14. The van der Waals surface area contributed by atoms with Crippen LogP contribution in [0, 0.1) is 17.6 Å². The lowest BCUT2D eigenvalue weighted by atomic mass is 10.1. The molecule has 0 amide bonds. The summed E-state index contributed by atoms with van der Waals surface area (Å²) >= 11 is 0. The lowest BCUT2D eigenvalue weighted by molar-refractivity contribution is 0.0704. The number of carbonyl (C=O) groups is 2. The molecular formula is C13H14F2O3. The predicted octanol–water partition coefficient (Wildman–Crippen LogP) is 2.63. The van der Waals surface area contributed by atoms with Crippen molar-refractivity contribution in [2.24, 2.45) is 5.92 Å². The number of ether oxygens (including phenoxy) is 1. The van der Waals surface area contributed by atoms with Crippen LogP contribution in [0.1, 0.15) is 34.6 Å². The van der Waals surface area contributed by atoms with Crippen molar-refractivity contribution in [1.29, 1.82) is 0 Å². The standard InChI is InChI=1S/C13H14F2O3/c1-8(2)6-18-7-13(17)9-3-11(14)10(5-16)12(15)4-9/h3-5,8H,6-7H2,1-2H3. The van der Waals surface area contributed by atoms with Crippen LogP contribution in [-0.2, 0) is 4.74 Å². The van der Waals surface area contributed by atoms with Crippen LogP contribution in [0.15, 0.2) is 12.1 Å². The smallest absolute Gasteiger partial charge is 0.188 e. The summed E-state index contributed by atoms with van der Waals surface area (Å²) in [5.74, 6) is -2.34. The zero-order valence-corrected chi connectivity index (χ0v) is 10.2. The van der Waals surface area contributed by atoms with Gasteiger partial charge in [0, 0.05) is 12.2 Å². The molecule has 0 aliphatic heterocycles. The molecule has 0 aliphatic rings. The quantitative estimate of drug-likeness (QED) is 0.580. The minimum Gasteiger partial charge on any atom is -0.373 e. The molecule has 0 aliphatic carbocycles. The summed E-state index contributed by atoms with van der Waals surface area (Å²) in [6.45, 7) is 3.99. The minimum absolute atomic E-state index is 0.0776. The summed E-state index contributed by atoms with van der Waals surface area (Å²) in [7, 11) is 0. The van der Waals surface area contributed by atoms with Gasteiger partial charge in [0.05, 0.1) is 5.56 Å². The molecule has 0 heterocycles. The Morgan fingerprint density at radius 3 is 2.33 bits per heavy atom. The SMILES string of the molecule is CC(C)COCC(=O)c1cc(F)c(C=O)c(F)c1. The third-order valence-electron chi connectivity index (χ3n) is 2.20. The van der Waals surface area contributed by atoms with Gasteiger partial charge in [0.15, 0.2) is 12.1 Å². The van der Waals surface area contributed by atoms with E-state index in [1.807, 2.05) is 13.8 Å². The maximum atomic E-state index is 13.3. The second-order valence-electron chi connectivity index (χ2n) is 4.30. The van der Waals surface area contributed by atoms with Gasteiger partial charge < -0.3 is 4.74 Å². The van der Waals surface area contributed by atoms with Crippen molar-refractivity contribution in [2.45, 2.75) is 13.8 Å². The van der Waals surface area contributed by atoms with Crippen LogP contribution in [0.2, 0.25) is 0 Å². The van der Waals surface area contributed by atoms with Crippen LogP contribution < -0.4 is 0 Å². The van der Waals surface area contributed by atoms with Crippen LogP contribution in [0.5, 0.6) is 0 Å². The first-order chi connectivity index (χ1) is 8.45. The zero-order valence-electron chi connectivity index (χ0n) is 10.2. The molecule has 0 bridgehead atoms. The average molecular weight is 256 g/mol. The fraction of sp³-hybridized carbons (Fsp3) is 0.385. The molecule has 0 aromatic heterocycles. The fourth-order valence-corrected chi connectivity index (χ4v) is 1.33. The van der Waals surface area contributed by atoms with Gasteiger partial charge in [-0.3, -0.25) is 9.59 Å². The van der Waals surface area contributed by atoms with E-state index in [9.17, 15) is 18.4 Å². The van der Waals surface area contributed by atoms with E-state index in [4.69, 9.17) is 4.74 Å². The van der Waals surface area contributed by atoms with Crippen molar-refractivity contribution < 1.29 is 23.1 Å². The molecule has 0 atom stereocenters. The van der Waals surface area contributed by atoms with Crippen molar-refractivity contribution >= 4 is 12.1 Å². The Labute approximate surface area is 104 Å². The van der Waals surface area contributed by atoms with Gasteiger partial charge >= 0.3 is 0 Å². The molecule has 1 aromatic rings. The molecule has 0 radical (unpaired) electrons. The largest absolute Gasteiger partial charge is 0.373 e. The molecule has 18 heavy (non-hydrogen) atoms. The molecule has 0 unspecified atom stereocenters. The number of halogens is 2. The maximum absolute atomic E-state index is 13.3. The van der Waals surface area contributed by atoms with Crippen LogP contribution in [0.3, 0.4) is 0 Å². The predicted molar refractivity (Wildman–Crippen MR) is 61.7 cm³/mol. The molecule has 0 spiro atoms. The van der Waals surface area contributed by atoms with Gasteiger partial charge in [-0.05, 0) is 18.1 Å². The molecule has 0 N–H and O–H groups in total. The molecule has 0 saturated carbocycles. The normalized spacial score (nSPS) is 10.7. The summed E-state index contributed by atoms with van der Waals surface area (Å²) in [5, 5.41) is 0. The topological polar surface area (TPSA) is 43.4 Å². The summed E-state index contributed by atoms with van der Waals surface area (Å²) in [6, 6.07) is 1.68. The molecule has 0 saturated heterocycles. The van der Waals surface area contributed by atoms with Crippen molar-refractivity contribution in [3.05, 3.63) is 34.9 Å². The van der Waals surface area contributed by atoms with Gasteiger partial charge in [-0.2, -0.15) is 0 Å². The fourth-order valence-electron chi connectivity index (χ4n) is 1.33. The van der Waals surface area contributed by atoms with E-state index in [1.54, 1.807) is 0 Å². The average Bonchev–Trinajstić information content (AvgIpc) is 2.27. The van der Waals surface area contributed by atoms with E-state index in [1.165, 1.54) is 0 Å². The summed E-state index contributed by atoms with van der Waals surface area (Å²) < 4.78 is 31.6. The Morgan fingerprint density at radius 2 is 1.89 bits per heavy atom. The number of Topliss-reactive ketones (excluding diaryl/α,β-unsaturated/α-hetero) is 1. The molecule has 98 valence electrons. The van der Waals surface area contributed by atoms with Crippen LogP contribution in [0.25, 0.3) is 0 Å². The Kier molecular flexibility index (Phi) is 5.09. The van der Waals surface area contributed by atoms with Crippen molar-refractivity contribution in [1.82, 2.24) is 0 Å². The van der Waals surface area contributed by atoms with E-state index in [0.717, 1.165) is 12.1 Å². The third-order valence-corrected chi connectivity index (χ3v) is 2.20. The number of carbonyl (C=O) groups excluding carboxylic acids is 2. The lowest BCUT2D eigenvalue weighted by Crippen LogP contribution is -2.13. The van der Waals surface area contributed by atoms with E-state index >= 15 is 0 Å². The van der Waals surface area contributed by atoms with Crippen molar-refractivity contribution in [3.63, 3.8) is 0 Å². The van der Waals surface area contributed by atoms with E-state index < -0.39 is 23.0 Å². The lowest BCUT2D eigenvalue weighted by Gasteiger charge is -2.07. The van der Waals surface area contributed by atoms with E-state index in [0.29, 0.717) is 6.61 Å². The number of benzene rings is 1. The second-order valence-corrected chi connectivity index (χ2v) is 4.30. The van der Waals surface area contributed by atoms with Crippen LogP contribution in [-0.4, -0.2) is 25.3 Å². The monoisotopic (exact) mass is 256 g/mol. The zero-order chi connectivity index (χ0) is 13.7. The van der Waals surface area contributed by atoms with Gasteiger partial charge in [0.1, 0.15) is 18.2 Å². The van der Waals surface area contributed by atoms with Gasteiger partial charge in [-0.25, -0.2) is 8.78 Å². The molecule has 0 fully saturated rings. The first-order valence-electron chi connectivity index (χ1n) is 5.51. The number of hydrogen-bond donors (Lipinski definition) is 0. The summed E-state index contributed by atoms with van der Waals surface area (Å²) in [4.78, 5) is 22.0. The third kappa shape index (κ3) is 3.70. The molecule has 1 rings (SSSR count). The van der Waals surface area contributed by atoms with Gasteiger partial charge in [0.2, 0.25) is 0 Å². The minimum atomic E-state index is -1.04. The van der Waals surface area contributed by atoms with Crippen molar-refractivity contribution in [3.8, 4) is 0 Å². The first-order valence-corrected chi connectivity index (χ1v) is 5.51. The highest BCUT2D eigenvalue weighted by atomic mass is 19.1. The molecular weight excluding hydrogens is 242 g/mol. The molecule has 1 aromatic carbocycles. The Morgan fingerprint density at radius 1 is 1.33 bits per heavy atom. The van der Waals surface area contributed by atoms with E-state index in [-0.39, 0.29) is 24.4 Å². The highest BCUT2D eigenvalue weighted by Crippen LogP contribution is 2.14. The maximum Gasteiger partial charge on any atom is 0.188 e. The number of aldehydes is 1. The Hall–Kier alpha value is -1.62.